The summed E-state index contributed by atoms with van der Waals surface area (Å²) in [7, 11) is 0. The second-order valence-corrected chi connectivity index (χ2v) is 13.8. The zero-order chi connectivity index (χ0) is 44.5. The quantitative estimate of drug-likeness (QED) is 0.0170. The first-order valence-electron chi connectivity index (χ1n) is 20.2. The molecule has 0 bridgehead atoms. The molecule has 1 aliphatic rings. The van der Waals surface area contributed by atoms with E-state index in [-0.39, 0.29) is 43.0 Å². The van der Waals surface area contributed by atoms with Crippen LogP contribution in [0.4, 0.5) is 8.78 Å². The Morgan fingerprint density at radius 1 is 0.581 bits per heavy atom. The highest BCUT2D eigenvalue weighted by Gasteiger charge is 2.24. The first kappa shape index (κ1) is 48.1. The maximum absolute atomic E-state index is 13.1. The number of benzene rings is 3. The van der Waals surface area contributed by atoms with Crippen molar-refractivity contribution in [1.82, 2.24) is 0 Å². The predicted octanol–water partition coefficient (Wildman–Crippen LogP) is 8.80. The van der Waals surface area contributed by atoms with Gasteiger partial charge in [-0.1, -0.05) is 37.4 Å². The Morgan fingerprint density at radius 3 is 1.50 bits per heavy atom. The van der Waals surface area contributed by atoms with Crippen LogP contribution in [-0.4, -0.2) is 75.6 Å². The SMILES string of the molecule is C=C(F)C(=O)OCCCCCCOc1ccc(/C=C/C(=O)Oc2ccc(OC(=O)/C=C/c3ccc(OCCCCCCOC(=O)C(=C)F)cc3)c(C(=O)OCCC3CO3)c2)cc1. The summed E-state index contributed by atoms with van der Waals surface area (Å²) in [6, 6.07) is 18.1. The fourth-order valence-electron chi connectivity index (χ4n) is 5.37. The van der Waals surface area contributed by atoms with Crippen LogP contribution in [-0.2, 0) is 38.1 Å². The summed E-state index contributed by atoms with van der Waals surface area (Å²) >= 11 is 0. The lowest BCUT2D eigenvalue weighted by Gasteiger charge is -2.11. The van der Waals surface area contributed by atoms with Crippen molar-refractivity contribution in [2.75, 3.05) is 39.6 Å². The first-order chi connectivity index (χ1) is 30.0. The Balaban J connectivity index is 1.22. The molecule has 1 fully saturated rings. The van der Waals surface area contributed by atoms with Gasteiger partial charge in [-0.05, 0) is 117 Å². The van der Waals surface area contributed by atoms with Crippen LogP contribution in [0.3, 0.4) is 0 Å². The number of epoxide rings is 1. The predicted molar refractivity (Wildman–Crippen MR) is 224 cm³/mol. The Bertz CT molecular complexity index is 2040. The molecule has 62 heavy (non-hydrogen) atoms. The molecule has 4 rings (SSSR count). The standard InChI is InChI=1S/C47H50F2O13/c1-33(48)45(52)57-28-9-5-3-7-26-55-37-17-11-35(12-18-37)15-23-43(50)61-39-21-22-42(41(31-39)47(54)59-30-25-40-32-60-40)62-44(51)24-16-36-13-19-38(20-14-36)56-27-8-4-6-10-29-58-46(53)34(2)49/h11-24,31,40H,1-10,25-30,32H2/b23-15+,24-16+. The Hall–Kier alpha value is -6.61. The van der Waals surface area contributed by atoms with Crippen molar-refractivity contribution >= 4 is 42.0 Å². The van der Waals surface area contributed by atoms with E-state index < -0.39 is 41.5 Å². The average Bonchev–Trinajstić information content (AvgIpc) is 4.09. The van der Waals surface area contributed by atoms with Gasteiger partial charge in [0.25, 0.3) is 0 Å². The van der Waals surface area contributed by atoms with Crippen LogP contribution >= 0.6 is 0 Å². The van der Waals surface area contributed by atoms with Crippen molar-refractivity contribution in [1.29, 1.82) is 0 Å². The summed E-state index contributed by atoms with van der Waals surface area (Å²) in [4.78, 5) is 60.7. The fourth-order valence-corrected chi connectivity index (χ4v) is 5.37. The molecule has 1 atom stereocenters. The Labute approximate surface area is 358 Å². The van der Waals surface area contributed by atoms with Gasteiger partial charge in [0.1, 0.15) is 28.6 Å². The molecule has 1 aliphatic heterocycles. The molecular weight excluding hydrogens is 810 g/mol. The van der Waals surface area contributed by atoms with Crippen molar-refractivity contribution < 1.29 is 70.6 Å². The molecule has 15 heteroatoms. The van der Waals surface area contributed by atoms with Crippen LogP contribution in [0.25, 0.3) is 12.2 Å². The molecule has 1 unspecified atom stereocenters. The highest BCUT2D eigenvalue weighted by Crippen LogP contribution is 2.27. The maximum Gasteiger partial charge on any atom is 0.366 e. The molecule has 1 saturated heterocycles. The molecule has 0 aromatic heterocycles. The largest absolute Gasteiger partial charge is 0.494 e. The molecule has 3 aromatic carbocycles. The van der Waals surface area contributed by atoms with E-state index in [1.807, 2.05) is 0 Å². The van der Waals surface area contributed by atoms with Crippen molar-refractivity contribution in [2.24, 2.45) is 0 Å². The van der Waals surface area contributed by atoms with Gasteiger partial charge in [0.05, 0.1) is 45.7 Å². The van der Waals surface area contributed by atoms with Crippen LogP contribution in [0.1, 0.15) is 79.3 Å². The lowest BCUT2D eigenvalue weighted by Crippen LogP contribution is -2.13. The third kappa shape index (κ3) is 19.2. The van der Waals surface area contributed by atoms with Crippen LogP contribution < -0.4 is 18.9 Å². The van der Waals surface area contributed by atoms with Crippen LogP contribution in [0.2, 0.25) is 0 Å². The van der Waals surface area contributed by atoms with E-state index >= 15 is 0 Å². The molecule has 330 valence electrons. The minimum absolute atomic E-state index is 0.0227. The van der Waals surface area contributed by atoms with Crippen molar-refractivity contribution in [3.05, 3.63) is 120 Å². The molecule has 0 saturated carbocycles. The topological polar surface area (TPSA) is 162 Å². The molecule has 0 spiro atoms. The molecule has 3 aromatic rings. The lowest BCUT2D eigenvalue weighted by atomic mass is 10.2. The molecule has 0 aliphatic carbocycles. The molecule has 0 amide bonds. The summed E-state index contributed by atoms with van der Waals surface area (Å²) in [6.07, 6.45) is 12.1. The second-order valence-electron chi connectivity index (χ2n) is 13.8. The minimum atomic E-state index is -1.11. The lowest BCUT2D eigenvalue weighted by molar-refractivity contribution is -0.141. The smallest absolute Gasteiger partial charge is 0.366 e. The van der Waals surface area contributed by atoms with Crippen molar-refractivity contribution in [2.45, 2.75) is 63.9 Å². The Kier molecular flexibility index (Phi) is 20.6. The normalized spacial score (nSPS) is 13.0. The van der Waals surface area contributed by atoms with Crippen molar-refractivity contribution in [3.63, 3.8) is 0 Å². The Morgan fingerprint density at radius 2 is 1.03 bits per heavy atom. The van der Waals surface area contributed by atoms with Crippen LogP contribution in [0.5, 0.6) is 23.0 Å². The van der Waals surface area contributed by atoms with Gasteiger partial charge in [-0.25, -0.2) is 24.0 Å². The van der Waals surface area contributed by atoms with E-state index in [0.717, 1.165) is 38.5 Å². The van der Waals surface area contributed by atoms with Crippen LogP contribution in [0, 0.1) is 0 Å². The van der Waals surface area contributed by atoms with E-state index in [4.69, 9.17) is 37.9 Å². The van der Waals surface area contributed by atoms with E-state index in [0.29, 0.717) is 61.7 Å². The maximum atomic E-state index is 13.1. The number of esters is 5. The van der Waals surface area contributed by atoms with E-state index in [2.05, 4.69) is 13.2 Å². The number of carbonyl (C=O) groups is 5. The number of halogens is 2. The minimum Gasteiger partial charge on any atom is -0.494 e. The fraction of sp³-hybridized carbons (Fsp3) is 0.340. The number of unbranched alkanes of at least 4 members (excludes halogenated alkanes) is 6. The third-order valence-corrected chi connectivity index (χ3v) is 8.78. The van der Waals surface area contributed by atoms with E-state index in [1.165, 1.54) is 30.4 Å². The van der Waals surface area contributed by atoms with Gasteiger partial charge in [-0.3, -0.25) is 0 Å². The first-order valence-corrected chi connectivity index (χ1v) is 20.2. The summed E-state index contributed by atoms with van der Waals surface area (Å²) in [6.45, 7) is 7.67. The zero-order valence-corrected chi connectivity index (χ0v) is 34.3. The number of hydrogen-bond acceptors (Lipinski definition) is 13. The molecule has 0 N–H and O–H groups in total. The van der Waals surface area contributed by atoms with Crippen molar-refractivity contribution in [3.8, 4) is 23.0 Å². The summed E-state index contributed by atoms with van der Waals surface area (Å²) in [5.41, 5.74) is 1.27. The monoisotopic (exact) mass is 860 g/mol. The summed E-state index contributed by atoms with van der Waals surface area (Å²) in [5, 5.41) is 0. The number of hydrogen-bond donors (Lipinski definition) is 0. The van der Waals surface area contributed by atoms with Gasteiger partial charge in [-0.15, -0.1) is 0 Å². The van der Waals surface area contributed by atoms with Gasteiger partial charge >= 0.3 is 29.8 Å². The highest BCUT2D eigenvalue weighted by molar-refractivity contribution is 5.96. The molecule has 13 nitrogen and oxygen atoms in total. The van der Waals surface area contributed by atoms with Gasteiger partial charge in [0.2, 0.25) is 11.7 Å². The van der Waals surface area contributed by atoms with Gasteiger partial charge in [0.15, 0.2) is 0 Å². The van der Waals surface area contributed by atoms with Gasteiger partial charge in [0, 0.05) is 18.6 Å². The number of carbonyl (C=O) groups excluding carboxylic acids is 5. The zero-order valence-electron chi connectivity index (χ0n) is 34.3. The molecular formula is C47H50F2O13. The van der Waals surface area contributed by atoms with E-state index in [1.54, 1.807) is 60.7 Å². The van der Waals surface area contributed by atoms with Gasteiger partial charge < -0.3 is 37.9 Å². The third-order valence-electron chi connectivity index (χ3n) is 8.78. The highest BCUT2D eigenvalue weighted by atomic mass is 19.1. The number of rotatable bonds is 28. The molecule has 0 radical (unpaired) electrons. The summed E-state index contributed by atoms with van der Waals surface area (Å²) < 4.78 is 67.7. The van der Waals surface area contributed by atoms with Crippen LogP contribution in [0.15, 0.2) is 104 Å². The van der Waals surface area contributed by atoms with Gasteiger partial charge in [-0.2, -0.15) is 8.78 Å². The second kappa shape index (κ2) is 26.6. The molecule has 1 heterocycles. The summed E-state index contributed by atoms with van der Waals surface area (Å²) in [5.74, 6) is -5.35. The number of ether oxygens (including phenoxy) is 8. The average molecular weight is 861 g/mol. The van der Waals surface area contributed by atoms with E-state index in [9.17, 15) is 32.8 Å².